The van der Waals surface area contributed by atoms with Crippen LogP contribution in [0.15, 0.2) is 29.3 Å². The summed E-state index contributed by atoms with van der Waals surface area (Å²) in [5.41, 5.74) is 6.99. The number of rotatable bonds is 5. The number of nitrogens with one attached hydrogen (secondary N) is 1. The summed E-state index contributed by atoms with van der Waals surface area (Å²) in [6.07, 6.45) is 1.80. The van der Waals surface area contributed by atoms with E-state index in [4.69, 9.17) is 14.9 Å². The highest BCUT2D eigenvalue weighted by atomic mass is 16.6. The third kappa shape index (κ3) is 4.15. The number of furan rings is 1. The van der Waals surface area contributed by atoms with Gasteiger partial charge in [-0.2, -0.15) is 0 Å². The highest BCUT2D eigenvalue weighted by molar-refractivity contribution is 5.94. The van der Waals surface area contributed by atoms with Crippen LogP contribution in [0.4, 0.5) is 5.82 Å². The maximum absolute atomic E-state index is 12.9. The Balaban J connectivity index is 1.41. The first-order valence-electron chi connectivity index (χ1n) is 11.4. The van der Waals surface area contributed by atoms with Crippen molar-refractivity contribution < 1.29 is 29.0 Å². The molecule has 188 valence electrons. The lowest BCUT2D eigenvalue weighted by Gasteiger charge is -2.36. The van der Waals surface area contributed by atoms with Gasteiger partial charge >= 0.3 is 0 Å². The van der Waals surface area contributed by atoms with Gasteiger partial charge in [0.1, 0.15) is 24.0 Å². The van der Waals surface area contributed by atoms with Crippen molar-refractivity contribution in [3.63, 3.8) is 0 Å². The lowest BCUT2D eigenvalue weighted by molar-refractivity contribution is -0.137. The molecule has 2 fully saturated rings. The van der Waals surface area contributed by atoms with Crippen molar-refractivity contribution >= 4 is 28.8 Å². The number of nitrogens with zero attached hydrogens (tertiary/aromatic N) is 5. The quantitative estimate of drug-likeness (QED) is 0.334. The van der Waals surface area contributed by atoms with E-state index in [1.165, 1.54) is 30.5 Å². The number of likely N-dealkylation sites (N-methyl/N-ethyl adjacent to an activating group) is 1. The largest absolute Gasteiger partial charge is 0.472 e. The SMILES string of the molecule is CNC(=O)[C@H]1O[C@@H](n2cnc3c(N)nc(C#CCN(C(=O)c4ccoc4)C4CCC4)nc32)[C@H](O)C1O. The van der Waals surface area contributed by atoms with Gasteiger partial charge in [-0.25, -0.2) is 15.0 Å². The number of aliphatic hydroxyl groups excluding tert-OH is 2. The summed E-state index contributed by atoms with van der Waals surface area (Å²) in [7, 11) is 1.40. The Morgan fingerprint density at radius 1 is 1.31 bits per heavy atom. The maximum Gasteiger partial charge on any atom is 0.258 e. The van der Waals surface area contributed by atoms with Gasteiger partial charge < -0.3 is 35.3 Å². The molecule has 1 unspecified atom stereocenters. The summed E-state index contributed by atoms with van der Waals surface area (Å²) >= 11 is 0. The van der Waals surface area contributed by atoms with E-state index >= 15 is 0 Å². The van der Waals surface area contributed by atoms with Crippen molar-refractivity contribution in [1.29, 1.82) is 0 Å². The van der Waals surface area contributed by atoms with E-state index in [-0.39, 0.29) is 41.3 Å². The summed E-state index contributed by atoms with van der Waals surface area (Å²) in [6.45, 7) is 0.166. The average Bonchev–Trinajstić information content (AvgIpc) is 3.57. The standard InChI is InChI=1S/C23H25N7O6/c1-25-21(33)18-16(31)17(32)23(36-18)30-11-26-15-19(24)27-14(28-20(15)30)6-3-8-29(13-4-2-5-13)22(34)12-7-9-35-10-12/h7,9-11,13,16-18,23,31-32H,2,4-5,8H2,1H3,(H,25,33)(H2,24,27,28)/t16?,17-,18+,23-/m1/s1. The molecule has 5 rings (SSSR count). The molecule has 1 saturated heterocycles. The number of carbonyl (C=O) groups is 2. The van der Waals surface area contributed by atoms with Crippen LogP contribution in [-0.4, -0.2) is 84.4 Å². The number of aromatic nitrogens is 4. The van der Waals surface area contributed by atoms with E-state index in [9.17, 15) is 19.8 Å². The third-order valence-corrected chi connectivity index (χ3v) is 6.46. The first kappa shape index (κ1) is 23.7. The van der Waals surface area contributed by atoms with E-state index < -0.39 is 30.4 Å². The van der Waals surface area contributed by atoms with Crippen molar-refractivity contribution in [3.05, 3.63) is 36.3 Å². The fourth-order valence-corrected chi connectivity index (χ4v) is 4.25. The molecule has 1 aliphatic carbocycles. The second kappa shape index (κ2) is 9.57. The molecule has 0 spiro atoms. The molecule has 5 N–H and O–H groups in total. The predicted octanol–water partition coefficient (Wildman–Crippen LogP) is -0.587. The zero-order valence-corrected chi connectivity index (χ0v) is 19.4. The number of nitrogens with two attached hydrogens (primary N) is 1. The number of hydrogen-bond donors (Lipinski definition) is 4. The first-order chi connectivity index (χ1) is 17.4. The molecule has 0 bridgehead atoms. The van der Waals surface area contributed by atoms with Crippen LogP contribution in [0.2, 0.25) is 0 Å². The molecule has 0 radical (unpaired) electrons. The molecule has 1 aliphatic heterocycles. The second-order valence-corrected chi connectivity index (χ2v) is 8.63. The number of ether oxygens (including phenoxy) is 1. The van der Waals surface area contributed by atoms with Gasteiger partial charge in [0.05, 0.1) is 24.7 Å². The average molecular weight is 495 g/mol. The van der Waals surface area contributed by atoms with E-state index in [1.54, 1.807) is 11.0 Å². The minimum absolute atomic E-state index is 0.0595. The highest BCUT2D eigenvalue weighted by Crippen LogP contribution is 2.32. The normalized spacial score (nSPS) is 23.6. The fraction of sp³-hybridized carbons (Fsp3) is 0.435. The number of nitrogen functional groups attached to an aromatic ring is 1. The van der Waals surface area contributed by atoms with Crippen LogP contribution in [0.3, 0.4) is 0 Å². The molecule has 13 nitrogen and oxygen atoms in total. The summed E-state index contributed by atoms with van der Waals surface area (Å²) in [5, 5.41) is 23.2. The van der Waals surface area contributed by atoms with Crippen LogP contribution in [0.1, 0.15) is 41.7 Å². The van der Waals surface area contributed by atoms with Gasteiger partial charge in [-0.1, -0.05) is 5.92 Å². The molecular weight excluding hydrogens is 470 g/mol. The molecule has 2 amide bonds. The van der Waals surface area contributed by atoms with Gasteiger partial charge in [-0.3, -0.25) is 14.2 Å². The Morgan fingerprint density at radius 2 is 2.11 bits per heavy atom. The Labute approximate surface area is 205 Å². The number of carbonyl (C=O) groups excluding carboxylic acids is 2. The van der Waals surface area contributed by atoms with Crippen LogP contribution in [0.25, 0.3) is 11.2 Å². The smallest absolute Gasteiger partial charge is 0.258 e. The Hall–Kier alpha value is -3.99. The van der Waals surface area contributed by atoms with E-state index in [2.05, 4.69) is 32.1 Å². The monoisotopic (exact) mass is 495 g/mol. The number of anilines is 1. The molecule has 3 aromatic heterocycles. The number of aliphatic hydroxyl groups is 2. The van der Waals surface area contributed by atoms with Gasteiger partial charge in [-0.15, -0.1) is 0 Å². The predicted molar refractivity (Wildman–Crippen MR) is 124 cm³/mol. The lowest BCUT2D eigenvalue weighted by atomic mass is 9.91. The minimum atomic E-state index is -1.45. The molecule has 4 atom stereocenters. The molecule has 4 heterocycles. The van der Waals surface area contributed by atoms with Crippen LogP contribution in [-0.2, 0) is 9.53 Å². The maximum atomic E-state index is 12.9. The number of hydrogen-bond acceptors (Lipinski definition) is 10. The van der Waals surface area contributed by atoms with Gasteiger partial charge in [-0.05, 0) is 31.2 Å². The van der Waals surface area contributed by atoms with Gasteiger partial charge in [0.15, 0.2) is 23.8 Å². The van der Waals surface area contributed by atoms with Gasteiger partial charge in [0, 0.05) is 13.1 Å². The Morgan fingerprint density at radius 3 is 2.78 bits per heavy atom. The molecule has 2 aliphatic rings. The van der Waals surface area contributed by atoms with Crippen molar-refractivity contribution in [2.75, 3.05) is 19.3 Å². The molecule has 3 aromatic rings. The van der Waals surface area contributed by atoms with Crippen LogP contribution in [0.5, 0.6) is 0 Å². The van der Waals surface area contributed by atoms with E-state index in [0.29, 0.717) is 5.56 Å². The molecule has 1 saturated carbocycles. The first-order valence-corrected chi connectivity index (χ1v) is 11.4. The summed E-state index contributed by atoms with van der Waals surface area (Å²) in [4.78, 5) is 39.3. The topological polar surface area (TPSA) is 182 Å². The summed E-state index contributed by atoms with van der Waals surface area (Å²) in [5.74, 6) is 5.21. The number of imidazole rings is 1. The molecule has 13 heteroatoms. The van der Waals surface area contributed by atoms with Crippen LogP contribution < -0.4 is 11.1 Å². The van der Waals surface area contributed by atoms with Crippen LogP contribution in [0, 0.1) is 11.8 Å². The summed E-state index contributed by atoms with van der Waals surface area (Å²) < 4.78 is 12.0. The molecular formula is C23H25N7O6. The molecule has 36 heavy (non-hydrogen) atoms. The van der Waals surface area contributed by atoms with E-state index in [1.807, 2.05) is 0 Å². The number of fused-ring (bicyclic) bond motifs is 1. The third-order valence-electron chi connectivity index (χ3n) is 6.46. The van der Waals surface area contributed by atoms with Crippen LogP contribution >= 0.6 is 0 Å². The van der Waals surface area contributed by atoms with Crippen molar-refractivity contribution in [2.45, 2.75) is 49.8 Å². The zero-order valence-electron chi connectivity index (χ0n) is 19.4. The highest BCUT2D eigenvalue weighted by Gasteiger charge is 2.47. The van der Waals surface area contributed by atoms with Gasteiger partial charge in [0.25, 0.3) is 11.8 Å². The van der Waals surface area contributed by atoms with Crippen molar-refractivity contribution in [1.82, 2.24) is 29.7 Å². The zero-order chi connectivity index (χ0) is 25.4. The Bertz CT molecular complexity index is 1340. The Kier molecular flexibility index (Phi) is 6.31. The van der Waals surface area contributed by atoms with Gasteiger partial charge in [0.2, 0.25) is 5.82 Å². The fourth-order valence-electron chi connectivity index (χ4n) is 4.25. The number of amides is 2. The van der Waals surface area contributed by atoms with Crippen molar-refractivity contribution in [3.8, 4) is 11.8 Å². The molecule has 0 aromatic carbocycles. The van der Waals surface area contributed by atoms with E-state index in [0.717, 1.165) is 19.3 Å². The van der Waals surface area contributed by atoms with Crippen molar-refractivity contribution in [2.24, 2.45) is 0 Å². The second-order valence-electron chi connectivity index (χ2n) is 8.63. The minimum Gasteiger partial charge on any atom is -0.472 e. The summed E-state index contributed by atoms with van der Waals surface area (Å²) in [6, 6.07) is 1.73. The lowest BCUT2D eigenvalue weighted by Crippen LogP contribution is -2.44.